The van der Waals surface area contributed by atoms with Crippen molar-refractivity contribution in [3.63, 3.8) is 0 Å². The van der Waals surface area contributed by atoms with Gasteiger partial charge in [-0.2, -0.15) is 0 Å². The number of hydrogen-bond donors (Lipinski definition) is 1. The molecule has 0 atom stereocenters. The first-order valence-electron chi connectivity index (χ1n) is 7.94. The lowest BCUT2D eigenvalue weighted by Crippen LogP contribution is -2.48. The van der Waals surface area contributed by atoms with Gasteiger partial charge in [0.2, 0.25) is 0 Å². The van der Waals surface area contributed by atoms with Gasteiger partial charge in [-0.15, -0.1) is 0 Å². The van der Waals surface area contributed by atoms with Crippen molar-refractivity contribution in [2.45, 2.75) is 0 Å². The number of piperazine rings is 1. The monoisotopic (exact) mass is 340 g/mol. The van der Waals surface area contributed by atoms with Crippen LogP contribution < -0.4 is 4.90 Å². The normalized spacial score (nSPS) is 15.0. The number of aromatic amines is 1. The van der Waals surface area contributed by atoms with Crippen molar-refractivity contribution in [2.75, 3.05) is 31.1 Å². The molecule has 1 amide bonds. The van der Waals surface area contributed by atoms with E-state index < -0.39 is 0 Å². The summed E-state index contributed by atoms with van der Waals surface area (Å²) in [6, 6.07) is 13.7. The minimum Gasteiger partial charge on any atom is -0.368 e. The van der Waals surface area contributed by atoms with E-state index in [2.05, 4.69) is 14.9 Å². The fraction of sp³-hybridized carbons (Fsp3) is 0.222. The Labute approximate surface area is 144 Å². The average Bonchev–Trinajstić information content (AvgIpc) is 3.05. The third kappa shape index (κ3) is 2.83. The minimum atomic E-state index is 0.0543. The SMILES string of the molecule is O=C(c1cc2ccccc2[nH]1)N1CCN(c2ccnc(Cl)c2)CC1. The second kappa shape index (κ2) is 6.17. The molecule has 1 aliphatic rings. The molecule has 1 saturated heterocycles. The van der Waals surface area contributed by atoms with Crippen LogP contribution in [-0.2, 0) is 0 Å². The summed E-state index contributed by atoms with van der Waals surface area (Å²) in [6.45, 7) is 2.95. The molecule has 0 unspecified atom stereocenters. The van der Waals surface area contributed by atoms with Crippen LogP contribution in [0.1, 0.15) is 10.5 Å². The van der Waals surface area contributed by atoms with E-state index >= 15 is 0 Å². The summed E-state index contributed by atoms with van der Waals surface area (Å²) in [5.74, 6) is 0.0543. The number of carbonyl (C=O) groups excluding carboxylic acids is 1. The summed E-state index contributed by atoms with van der Waals surface area (Å²) in [5, 5.41) is 1.55. The Morgan fingerprint density at radius 1 is 1.08 bits per heavy atom. The van der Waals surface area contributed by atoms with Crippen LogP contribution in [0.15, 0.2) is 48.7 Å². The van der Waals surface area contributed by atoms with Gasteiger partial charge in [-0.3, -0.25) is 4.79 Å². The Balaban J connectivity index is 1.46. The average molecular weight is 341 g/mol. The van der Waals surface area contributed by atoms with Crippen LogP contribution >= 0.6 is 11.6 Å². The fourth-order valence-corrected chi connectivity index (χ4v) is 3.28. The molecule has 0 radical (unpaired) electrons. The Bertz CT molecular complexity index is 850. The summed E-state index contributed by atoms with van der Waals surface area (Å²) in [7, 11) is 0. The molecule has 0 bridgehead atoms. The van der Waals surface area contributed by atoms with E-state index in [9.17, 15) is 4.79 Å². The van der Waals surface area contributed by atoms with Crippen LogP contribution in [0.2, 0.25) is 5.15 Å². The van der Waals surface area contributed by atoms with Crippen LogP contribution in [0.4, 0.5) is 5.69 Å². The first kappa shape index (κ1) is 15.0. The zero-order valence-electron chi connectivity index (χ0n) is 13.1. The maximum absolute atomic E-state index is 12.7. The van der Waals surface area contributed by atoms with E-state index in [1.54, 1.807) is 6.20 Å². The number of nitrogens with one attached hydrogen (secondary N) is 1. The van der Waals surface area contributed by atoms with E-state index in [1.807, 2.05) is 47.4 Å². The van der Waals surface area contributed by atoms with E-state index in [0.29, 0.717) is 23.9 Å². The van der Waals surface area contributed by atoms with Crippen molar-refractivity contribution in [1.82, 2.24) is 14.9 Å². The zero-order chi connectivity index (χ0) is 16.5. The number of H-pyrrole nitrogens is 1. The summed E-state index contributed by atoms with van der Waals surface area (Å²) in [4.78, 5) is 24.1. The van der Waals surface area contributed by atoms with Crippen molar-refractivity contribution in [3.05, 3.63) is 59.5 Å². The molecule has 122 valence electrons. The predicted octanol–water partition coefficient (Wildman–Crippen LogP) is 3.18. The first-order chi connectivity index (χ1) is 11.7. The van der Waals surface area contributed by atoms with Gasteiger partial charge in [0.25, 0.3) is 5.91 Å². The van der Waals surface area contributed by atoms with Crippen LogP contribution in [0.3, 0.4) is 0 Å². The highest BCUT2D eigenvalue weighted by Crippen LogP contribution is 2.20. The van der Waals surface area contributed by atoms with Gasteiger partial charge >= 0.3 is 0 Å². The molecule has 0 spiro atoms. The van der Waals surface area contributed by atoms with Crippen LogP contribution in [0.5, 0.6) is 0 Å². The number of rotatable bonds is 2. The highest BCUT2D eigenvalue weighted by Gasteiger charge is 2.23. The van der Waals surface area contributed by atoms with Crippen molar-refractivity contribution in [1.29, 1.82) is 0 Å². The number of aromatic nitrogens is 2. The molecule has 6 heteroatoms. The van der Waals surface area contributed by atoms with Crippen molar-refractivity contribution >= 4 is 34.1 Å². The third-order valence-electron chi connectivity index (χ3n) is 4.40. The molecule has 1 aliphatic heterocycles. The van der Waals surface area contributed by atoms with Gasteiger partial charge in [0.05, 0.1) is 0 Å². The smallest absolute Gasteiger partial charge is 0.270 e. The summed E-state index contributed by atoms with van der Waals surface area (Å²) < 4.78 is 0. The first-order valence-corrected chi connectivity index (χ1v) is 8.32. The Kier molecular flexibility index (Phi) is 3.86. The van der Waals surface area contributed by atoms with Crippen molar-refractivity contribution in [3.8, 4) is 0 Å². The summed E-state index contributed by atoms with van der Waals surface area (Å²) in [5.41, 5.74) is 2.69. The molecule has 0 aliphatic carbocycles. The fourth-order valence-electron chi connectivity index (χ4n) is 3.12. The Morgan fingerprint density at radius 3 is 2.62 bits per heavy atom. The molecular formula is C18H17ClN4O. The highest BCUT2D eigenvalue weighted by molar-refractivity contribution is 6.29. The maximum Gasteiger partial charge on any atom is 0.270 e. The summed E-state index contributed by atoms with van der Waals surface area (Å²) in [6.07, 6.45) is 1.71. The maximum atomic E-state index is 12.7. The quantitative estimate of drug-likeness (QED) is 0.729. The molecule has 0 saturated carbocycles. The van der Waals surface area contributed by atoms with E-state index in [0.717, 1.165) is 29.7 Å². The number of benzene rings is 1. The molecule has 3 aromatic rings. The van der Waals surface area contributed by atoms with Crippen LogP contribution in [0.25, 0.3) is 10.9 Å². The molecule has 4 rings (SSSR count). The van der Waals surface area contributed by atoms with Crippen LogP contribution in [0, 0.1) is 0 Å². The number of fused-ring (bicyclic) bond motifs is 1. The molecule has 2 aromatic heterocycles. The highest BCUT2D eigenvalue weighted by atomic mass is 35.5. The number of hydrogen-bond acceptors (Lipinski definition) is 3. The van der Waals surface area contributed by atoms with E-state index in [-0.39, 0.29) is 5.91 Å². The number of anilines is 1. The van der Waals surface area contributed by atoms with Gasteiger partial charge in [0, 0.05) is 49.0 Å². The summed E-state index contributed by atoms with van der Waals surface area (Å²) >= 11 is 5.96. The van der Waals surface area contributed by atoms with Gasteiger partial charge in [0.1, 0.15) is 10.8 Å². The Hall–Kier alpha value is -2.53. The number of para-hydroxylation sites is 1. The molecule has 1 fully saturated rings. The van der Waals surface area contributed by atoms with Crippen molar-refractivity contribution in [2.24, 2.45) is 0 Å². The van der Waals surface area contributed by atoms with Gasteiger partial charge in [-0.25, -0.2) is 4.98 Å². The third-order valence-corrected chi connectivity index (χ3v) is 4.61. The lowest BCUT2D eigenvalue weighted by atomic mass is 10.2. The number of nitrogens with zero attached hydrogens (tertiary/aromatic N) is 3. The zero-order valence-corrected chi connectivity index (χ0v) is 13.8. The largest absolute Gasteiger partial charge is 0.368 e. The molecular weight excluding hydrogens is 324 g/mol. The molecule has 5 nitrogen and oxygen atoms in total. The second-order valence-corrected chi connectivity index (χ2v) is 6.27. The van der Waals surface area contributed by atoms with Crippen molar-refractivity contribution < 1.29 is 4.79 Å². The number of halogens is 1. The Morgan fingerprint density at radius 2 is 1.88 bits per heavy atom. The molecule has 1 N–H and O–H groups in total. The lowest BCUT2D eigenvalue weighted by Gasteiger charge is -2.35. The molecule has 3 heterocycles. The topological polar surface area (TPSA) is 52.2 Å². The molecule has 1 aromatic carbocycles. The minimum absolute atomic E-state index is 0.0543. The number of carbonyl (C=O) groups is 1. The van der Waals surface area contributed by atoms with E-state index in [1.165, 1.54) is 0 Å². The number of amides is 1. The second-order valence-electron chi connectivity index (χ2n) is 5.89. The number of pyridine rings is 1. The standard InChI is InChI=1S/C18H17ClN4O/c19-17-12-14(5-6-20-17)22-7-9-23(10-8-22)18(24)16-11-13-3-1-2-4-15(13)21-16/h1-6,11-12,21H,7-10H2. The van der Waals surface area contributed by atoms with Gasteiger partial charge in [0.15, 0.2) is 0 Å². The lowest BCUT2D eigenvalue weighted by molar-refractivity contribution is 0.0742. The van der Waals surface area contributed by atoms with Gasteiger partial charge < -0.3 is 14.8 Å². The van der Waals surface area contributed by atoms with Gasteiger partial charge in [-0.1, -0.05) is 29.8 Å². The van der Waals surface area contributed by atoms with Gasteiger partial charge in [-0.05, 0) is 24.3 Å². The van der Waals surface area contributed by atoms with E-state index in [4.69, 9.17) is 11.6 Å². The predicted molar refractivity (Wildman–Crippen MR) is 95.7 cm³/mol. The molecule has 24 heavy (non-hydrogen) atoms. The van der Waals surface area contributed by atoms with Crippen LogP contribution in [-0.4, -0.2) is 47.0 Å².